The highest BCUT2D eigenvalue weighted by Gasteiger charge is 2.41. The van der Waals surface area contributed by atoms with Crippen molar-refractivity contribution in [2.45, 2.75) is 69.2 Å². The van der Waals surface area contributed by atoms with Gasteiger partial charge in [-0.05, 0) is 65.2 Å². The van der Waals surface area contributed by atoms with Gasteiger partial charge < -0.3 is 25.5 Å². The number of likely N-dealkylation sites (tertiary alicyclic amines) is 1. The first-order valence-corrected chi connectivity index (χ1v) is 12.0. The van der Waals surface area contributed by atoms with Gasteiger partial charge >= 0.3 is 6.09 Å². The Kier molecular flexibility index (Phi) is 7.09. The first kappa shape index (κ1) is 24.4. The third-order valence-corrected chi connectivity index (χ3v) is 7.39. The molecule has 176 valence electrons. The number of rotatable bonds is 5. The zero-order valence-electron chi connectivity index (χ0n) is 19.6. The van der Waals surface area contributed by atoms with Crippen molar-refractivity contribution in [1.82, 2.24) is 9.80 Å². The summed E-state index contributed by atoms with van der Waals surface area (Å²) in [6.45, 7) is 11.1. The second kappa shape index (κ2) is 9.31. The molecule has 2 heterocycles. The van der Waals surface area contributed by atoms with Crippen LogP contribution < -0.4 is 10.6 Å². The third-order valence-electron chi connectivity index (χ3n) is 6.16. The predicted molar refractivity (Wildman–Crippen MR) is 126 cm³/mol. The van der Waals surface area contributed by atoms with E-state index in [1.165, 1.54) is 16.7 Å². The number of carboxylic acid groups (broad SMARTS) is 1. The normalized spacial score (nSPS) is 20.3. The molecule has 1 aromatic rings. The lowest BCUT2D eigenvalue weighted by molar-refractivity contribution is -0.120. The molecule has 3 N–H and O–H groups in total. The Hall–Kier alpha value is -2.26. The quantitative estimate of drug-likeness (QED) is 0.696. The minimum atomic E-state index is -0.952. The van der Waals surface area contributed by atoms with Crippen molar-refractivity contribution in [3.63, 3.8) is 0 Å². The largest absolute Gasteiger partial charge is 0.465 e. The smallest absolute Gasteiger partial charge is 0.407 e. The lowest BCUT2D eigenvalue weighted by Crippen LogP contribution is -2.54. The van der Waals surface area contributed by atoms with Gasteiger partial charge in [-0.2, -0.15) is 0 Å². The fraction of sp³-hybridized carbons (Fsp3) is 0.609. The average Bonchev–Trinajstić information content (AvgIpc) is 2.71. The Morgan fingerprint density at radius 2 is 2.03 bits per heavy atom. The van der Waals surface area contributed by atoms with Crippen LogP contribution in [0.2, 0.25) is 0 Å². The van der Waals surface area contributed by atoms with Crippen molar-refractivity contribution < 1.29 is 19.5 Å². The molecule has 32 heavy (non-hydrogen) atoms. The zero-order valence-corrected chi connectivity index (χ0v) is 20.4. The van der Waals surface area contributed by atoms with Gasteiger partial charge in [-0.25, -0.2) is 4.79 Å². The summed E-state index contributed by atoms with van der Waals surface area (Å²) in [5, 5.41) is 9.43. The van der Waals surface area contributed by atoms with Gasteiger partial charge in [-0.1, -0.05) is 0 Å². The SMILES string of the molecule is Cc1cc2c(cc1C(=O)N(C(C)C)[C@@H]1CCCN(C(=O)O)C1)N(CCN)C(=O)C(C)(C)S2. The van der Waals surface area contributed by atoms with Crippen molar-refractivity contribution in [3.05, 3.63) is 23.3 Å². The molecule has 1 aromatic carbocycles. The maximum atomic E-state index is 13.8. The van der Waals surface area contributed by atoms with Crippen LogP contribution in [0.1, 0.15) is 56.5 Å². The van der Waals surface area contributed by atoms with Crippen LogP contribution in [0, 0.1) is 6.92 Å². The van der Waals surface area contributed by atoms with Gasteiger partial charge in [0.1, 0.15) is 0 Å². The number of benzene rings is 1. The highest BCUT2D eigenvalue weighted by atomic mass is 32.2. The molecule has 2 aliphatic rings. The summed E-state index contributed by atoms with van der Waals surface area (Å²) < 4.78 is -0.605. The van der Waals surface area contributed by atoms with Crippen molar-refractivity contribution in [1.29, 1.82) is 0 Å². The molecule has 0 aliphatic carbocycles. The summed E-state index contributed by atoms with van der Waals surface area (Å²) >= 11 is 1.50. The van der Waals surface area contributed by atoms with Gasteiger partial charge in [0.05, 0.1) is 16.5 Å². The highest BCUT2D eigenvalue weighted by Crippen LogP contribution is 2.46. The Morgan fingerprint density at radius 1 is 1.34 bits per heavy atom. The van der Waals surface area contributed by atoms with Crippen LogP contribution in [0.4, 0.5) is 10.5 Å². The summed E-state index contributed by atoms with van der Waals surface area (Å²) in [4.78, 5) is 44.2. The monoisotopic (exact) mass is 462 g/mol. The van der Waals surface area contributed by atoms with E-state index in [0.29, 0.717) is 31.7 Å². The fourth-order valence-corrected chi connectivity index (χ4v) is 5.87. The van der Waals surface area contributed by atoms with Crippen molar-refractivity contribution in [2.75, 3.05) is 31.1 Å². The van der Waals surface area contributed by atoms with Crippen molar-refractivity contribution in [2.24, 2.45) is 5.73 Å². The molecule has 1 saturated heterocycles. The Balaban J connectivity index is 2.00. The molecule has 0 unspecified atom stereocenters. The average molecular weight is 463 g/mol. The molecule has 2 aliphatic heterocycles. The van der Waals surface area contributed by atoms with E-state index in [9.17, 15) is 19.5 Å². The van der Waals surface area contributed by atoms with E-state index in [-0.39, 0.29) is 23.9 Å². The molecule has 0 radical (unpaired) electrons. The highest BCUT2D eigenvalue weighted by molar-refractivity contribution is 8.01. The van der Waals surface area contributed by atoms with Crippen molar-refractivity contribution >= 4 is 35.4 Å². The molecule has 1 atom stereocenters. The van der Waals surface area contributed by atoms with E-state index in [1.807, 2.05) is 46.8 Å². The number of thioether (sulfide) groups is 1. The number of aryl methyl sites for hydroxylation is 1. The van der Waals surface area contributed by atoms with Crippen LogP contribution in [0.5, 0.6) is 0 Å². The molecule has 3 amide bonds. The predicted octanol–water partition coefficient (Wildman–Crippen LogP) is 3.16. The molecular formula is C23H34N4O4S. The van der Waals surface area contributed by atoms with Gasteiger partial charge in [0, 0.05) is 42.7 Å². The molecule has 9 heteroatoms. The maximum Gasteiger partial charge on any atom is 0.407 e. The number of piperidine rings is 1. The van der Waals surface area contributed by atoms with Crippen LogP contribution >= 0.6 is 11.8 Å². The molecule has 0 spiro atoms. The van der Waals surface area contributed by atoms with Gasteiger partial charge in [0.2, 0.25) is 5.91 Å². The molecule has 1 fully saturated rings. The van der Waals surface area contributed by atoms with Crippen molar-refractivity contribution in [3.8, 4) is 0 Å². The Bertz CT molecular complexity index is 918. The molecule has 0 saturated carbocycles. The van der Waals surface area contributed by atoms with Gasteiger partial charge in [0.25, 0.3) is 5.91 Å². The number of carbonyl (C=O) groups excluding carboxylic acids is 2. The number of amides is 3. The summed E-state index contributed by atoms with van der Waals surface area (Å²) in [5.74, 6) is -0.152. The van der Waals surface area contributed by atoms with Gasteiger partial charge in [-0.15, -0.1) is 11.8 Å². The number of nitrogens with zero attached hydrogens (tertiary/aromatic N) is 3. The zero-order chi connectivity index (χ0) is 23.8. The first-order chi connectivity index (χ1) is 15.0. The Labute approximate surface area is 194 Å². The number of carbonyl (C=O) groups is 3. The molecule has 0 bridgehead atoms. The maximum absolute atomic E-state index is 13.8. The lowest BCUT2D eigenvalue weighted by Gasteiger charge is -2.41. The van der Waals surface area contributed by atoms with E-state index < -0.39 is 10.8 Å². The van der Waals surface area contributed by atoms with E-state index in [2.05, 4.69) is 0 Å². The van der Waals surface area contributed by atoms with E-state index in [1.54, 1.807) is 9.80 Å². The van der Waals surface area contributed by atoms with E-state index >= 15 is 0 Å². The fourth-order valence-electron chi connectivity index (χ4n) is 4.61. The van der Waals surface area contributed by atoms with E-state index in [0.717, 1.165) is 29.0 Å². The second-order valence-electron chi connectivity index (χ2n) is 9.32. The van der Waals surface area contributed by atoms with Crippen LogP contribution in [-0.4, -0.2) is 75.8 Å². The molecule has 3 rings (SSSR count). The number of nitrogens with two attached hydrogens (primary N) is 1. The summed E-state index contributed by atoms with van der Waals surface area (Å²) in [7, 11) is 0. The molecule has 0 aromatic heterocycles. The topological polar surface area (TPSA) is 107 Å². The number of anilines is 1. The summed E-state index contributed by atoms with van der Waals surface area (Å²) in [5.41, 5.74) is 7.89. The number of hydrogen-bond acceptors (Lipinski definition) is 5. The van der Waals surface area contributed by atoms with Crippen LogP contribution in [0.3, 0.4) is 0 Å². The van der Waals surface area contributed by atoms with Crippen LogP contribution in [-0.2, 0) is 4.79 Å². The summed E-state index contributed by atoms with van der Waals surface area (Å²) in [6.07, 6.45) is 0.534. The van der Waals surface area contributed by atoms with Gasteiger partial charge in [-0.3, -0.25) is 9.59 Å². The Morgan fingerprint density at radius 3 is 2.62 bits per heavy atom. The van der Waals surface area contributed by atoms with Gasteiger partial charge in [0.15, 0.2) is 0 Å². The standard InChI is InChI=1S/C23H34N4O4S/c1-14(2)27(16-7-6-9-25(13-16)22(30)31)20(28)17-12-18-19(11-15(17)3)32-23(4,5)21(29)26(18)10-8-24/h11-12,14,16H,6-10,13,24H2,1-5H3,(H,30,31)/t16-/m1/s1. The van der Waals surface area contributed by atoms with Crippen LogP contribution in [0.15, 0.2) is 17.0 Å². The minimum absolute atomic E-state index is 0.0206. The molecule has 8 nitrogen and oxygen atoms in total. The summed E-state index contributed by atoms with van der Waals surface area (Å²) in [6, 6.07) is 3.52. The lowest BCUT2D eigenvalue weighted by atomic mass is 9.99. The second-order valence-corrected chi connectivity index (χ2v) is 11.0. The van der Waals surface area contributed by atoms with Crippen LogP contribution in [0.25, 0.3) is 0 Å². The number of fused-ring (bicyclic) bond motifs is 1. The minimum Gasteiger partial charge on any atom is -0.465 e. The number of hydrogen-bond donors (Lipinski definition) is 2. The molecular weight excluding hydrogens is 428 g/mol. The first-order valence-electron chi connectivity index (χ1n) is 11.1. The van der Waals surface area contributed by atoms with E-state index in [4.69, 9.17) is 5.73 Å². The third kappa shape index (κ3) is 4.59.